The normalized spacial score (nSPS) is 16.1. The van der Waals surface area contributed by atoms with Gasteiger partial charge in [0.2, 0.25) is 5.91 Å². The average Bonchev–Trinajstić information content (AvgIpc) is 2.84. The van der Waals surface area contributed by atoms with Gasteiger partial charge in [0, 0.05) is 18.5 Å². The van der Waals surface area contributed by atoms with E-state index >= 15 is 0 Å². The summed E-state index contributed by atoms with van der Waals surface area (Å²) in [5.74, 6) is -0.811. The first-order chi connectivity index (χ1) is 10.0. The number of anilines is 1. The zero-order valence-corrected chi connectivity index (χ0v) is 12.5. The third kappa shape index (κ3) is 4.98. The lowest BCUT2D eigenvalue weighted by Crippen LogP contribution is -2.41. The molecule has 1 fully saturated rings. The number of nitrogen functional groups attached to an aromatic ring is 1. The molecule has 0 bridgehead atoms. The van der Waals surface area contributed by atoms with Crippen LogP contribution in [0.5, 0.6) is 0 Å². The fourth-order valence-corrected chi connectivity index (χ4v) is 2.82. The number of aromatic nitrogens is 1. The number of likely N-dealkylation sites (tertiary alicyclic amines) is 1. The number of amides is 1. The van der Waals surface area contributed by atoms with Crippen molar-refractivity contribution in [1.29, 1.82) is 0 Å². The van der Waals surface area contributed by atoms with E-state index in [1.807, 2.05) is 0 Å². The molecule has 1 aliphatic heterocycles. The molecule has 1 saturated heterocycles. The molecule has 0 saturated carbocycles. The number of carbonyl (C=O) groups excluding carboxylic acids is 1. The van der Waals surface area contributed by atoms with Crippen LogP contribution in [0.4, 0.5) is 5.13 Å². The molecule has 7 nitrogen and oxygen atoms in total. The van der Waals surface area contributed by atoms with Crippen LogP contribution < -0.4 is 5.73 Å². The quantitative estimate of drug-likeness (QED) is 0.803. The van der Waals surface area contributed by atoms with E-state index in [0.29, 0.717) is 23.9 Å². The minimum absolute atomic E-state index is 0.0182. The molecule has 0 aliphatic carbocycles. The molecule has 0 aromatic carbocycles. The molecule has 116 valence electrons. The predicted molar refractivity (Wildman–Crippen MR) is 78.0 cm³/mol. The van der Waals surface area contributed by atoms with E-state index in [-0.39, 0.29) is 31.5 Å². The summed E-state index contributed by atoms with van der Waals surface area (Å²) in [5, 5.41) is 10.8. The van der Waals surface area contributed by atoms with Crippen molar-refractivity contribution < 1.29 is 19.4 Å². The molecule has 2 heterocycles. The van der Waals surface area contributed by atoms with Gasteiger partial charge in [-0.1, -0.05) is 0 Å². The van der Waals surface area contributed by atoms with Crippen molar-refractivity contribution >= 4 is 28.3 Å². The number of thiazole rings is 1. The number of hydrogen-bond donors (Lipinski definition) is 2. The first-order valence-corrected chi connectivity index (χ1v) is 7.73. The first-order valence-electron chi connectivity index (χ1n) is 6.85. The molecule has 0 atom stereocenters. The number of aliphatic carboxylic acids is 1. The molecular weight excluding hydrogens is 294 g/mol. The van der Waals surface area contributed by atoms with Gasteiger partial charge in [0.25, 0.3) is 0 Å². The monoisotopic (exact) mass is 313 g/mol. The fraction of sp³-hybridized carbons (Fsp3) is 0.615. The molecular formula is C13H19N3O4S. The van der Waals surface area contributed by atoms with Crippen LogP contribution in [-0.4, -0.2) is 52.7 Å². The van der Waals surface area contributed by atoms with Crippen LogP contribution >= 0.6 is 11.3 Å². The third-order valence-electron chi connectivity index (χ3n) is 3.37. The number of nitrogens with zero attached hydrogens (tertiary/aromatic N) is 2. The molecule has 8 heteroatoms. The maximum atomic E-state index is 12.1. The van der Waals surface area contributed by atoms with E-state index in [1.165, 1.54) is 11.3 Å². The van der Waals surface area contributed by atoms with Gasteiger partial charge in [-0.15, -0.1) is 11.3 Å². The standard InChI is InChI=1S/C13H19N3O4S/c14-13-15-9(8-21-13)7-11(17)16-4-1-10(2-5-16)20-6-3-12(18)19/h8,10H,1-7H2,(H2,14,15)(H,18,19). The highest BCUT2D eigenvalue weighted by molar-refractivity contribution is 7.13. The van der Waals surface area contributed by atoms with Gasteiger partial charge in [-0.3, -0.25) is 9.59 Å². The minimum Gasteiger partial charge on any atom is -0.481 e. The Balaban J connectivity index is 1.70. The van der Waals surface area contributed by atoms with Gasteiger partial charge in [-0.05, 0) is 12.8 Å². The average molecular weight is 313 g/mol. The van der Waals surface area contributed by atoms with Gasteiger partial charge in [0.15, 0.2) is 5.13 Å². The summed E-state index contributed by atoms with van der Waals surface area (Å²) in [6, 6.07) is 0. The molecule has 1 amide bonds. The lowest BCUT2D eigenvalue weighted by Gasteiger charge is -2.31. The molecule has 0 radical (unpaired) electrons. The maximum Gasteiger partial charge on any atom is 0.305 e. The van der Waals surface area contributed by atoms with E-state index in [2.05, 4.69) is 4.98 Å². The lowest BCUT2D eigenvalue weighted by molar-refractivity contribution is -0.139. The van der Waals surface area contributed by atoms with Crippen LogP contribution in [0.25, 0.3) is 0 Å². The van der Waals surface area contributed by atoms with Gasteiger partial charge >= 0.3 is 5.97 Å². The summed E-state index contributed by atoms with van der Waals surface area (Å²) in [6.45, 7) is 1.50. The van der Waals surface area contributed by atoms with Crippen molar-refractivity contribution in [3.63, 3.8) is 0 Å². The molecule has 1 aliphatic rings. The fourth-order valence-electron chi connectivity index (χ4n) is 2.26. The molecule has 0 unspecified atom stereocenters. The van der Waals surface area contributed by atoms with Crippen LogP contribution in [0.2, 0.25) is 0 Å². The number of carboxylic acids is 1. The minimum atomic E-state index is -0.856. The Labute approximate surface area is 126 Å². The highest BCUT2D eigenvalue weighted by atomic mass is 32.1. The van der Waals surface area contributed by atoms with Crippen molar-refractivity contribution in [2.75, 3.05) is 25.4 Å². The van der Waals surface area contributed by atoms with E-state index in [9.17, 15) is 9.59 Å². The van der Waals surface area contributed by atoms with E-state index in [0.717, 1.165) is 12.8 Å². The molecule has 1 aromatic rings. The van der Waals surface area contributed by atoms with Crippen LogP contribution in [-0.2, 0) is 20.7 Å². The van der Waals surface area contributed by atoms with Crippen molar-refractivity contribution in [2.45, 2.75) is 31.8 Å². The summed E-state index contributed by atoms with van der Waals surface area (Å²) in [6.07, 6.45) is 1.82. The van der Waals surface area contributed by atoms with Crippen LogP contribution in [0.1, 0.15) is 25.0 Å². The summed E-state index contributed by atoms with van der Waals surface area (Å²) >= 11 is 1.33. The Morgan fingerprint density at radius 1 is 1.48 bits per heavy atom. The Kier molecular flexibility index (Phi) is 5.51. The summed E-state index contributed by atoms with van der Waals surface area (Å²) < 4.78 is 5.50. The first kappa shape index (κ1) is 15.7. The zero-order chi connectivity index (χ0) is 15.2. The number of hydrogen-bond acceptors (Lipinski definition) is 6. The van der Waals surface area contributed by atoms with Gasteiger partial charge in [-0.2, -0.15) is 0 Å². The summed E-state index contributed by atoms with van der Waals surface area (Å²) in [7, 11) is 0. The SMILES string of the molecule is Nc1nc(CC(=O)N2CCC(OCCC(=O)O)CC2)cs1. The number of ether oxygens (including phenoxy) is 1. The van der Waals surface area contributed by atoms with Gasteiger partial charge in [-0.25, -0.2) is 4.98 Å². The Hall–Kier alpha value is -1.67. The predicted octanol–water partition coefficient (Wildman–Crippen LogP) is 0.750. The Bertz CT molecular complexity index is 497. The maximum absolute atomic E-state index is 12.1. The van der Waals surface area contributed by atoms with Crippen molar-refractivity contribution in [2.24, 2.45) is 0 Å². The third-order valence-corrected chi connectivity index (χ3v) is 4.09. The van der Waals surface area contributed by atoms with Gasteiger partial charge < -0.3 is 20.5 Å². The smallest absolute Gasteiger partial charge is 0.305 e. The zero-order valence-electron chi connectivity index (χ0n) is 11.7. The molecule has 0 spiro atoms. The number of carboxylic acid groups (broad SMARTS) is 1. The highest BCUT2D eigenvalue weighted by Crippen LogP contribution is 2.17. The second-order valence-corrected chi connectivity index (χ2v) is 5.84. The number of rotatable bonds is 6. The highest BCUT2D eigenvalue weighted by Gasteiger charge is 2.23. The topological polar surface area (TPSA) is 106 Å². The van der Waals surface area contributed by atoms with Crippen LogP contribution in [0.3, 0.4) is 0 Å². The van der Waals surface area contributed by atoms with Gasteiger partial charge in [0.1, 0.15) is 0 Å². The largest absolute Gasteiger partial charge is 0.481 e. The molecule has 1 aromatic heterocycles. The van der Waals surface area contributed by atoms with E-state index < -0.39 is 5.97 Å². The van der Waals surface area contributed by atoms with Crippen molar-refractivity contribution in [3.8, 4) is 0 Å². The number of carbonyl (C=O) groups is 2. The van der Waals surface area contributed by atoms with E-state index in [4.69, 9.17) is 15.6 Å². The second kappa shape index (κ2) is 7.37. The number of nitrogens with two attached hydrogens (primary N) is 1. The summed E-state index contributed by atoms with van der Waals surface area (Å²) in [4.78, 5) is 28.4. The molecule has 21 heavy (non-hydrogen) atoms. The van der Waals surface area contributed by atoms with Gasteiger partial charge in [0.05, 0.1) is 31.2 Å². The second-order valence-electron chi connectivity index (χ2n) is 4.95. The van der Waals surface area contributed by atoms with Crippen LogP contribution in [0.15, 0.2) is 5.38 Å². The lowest BCUT2D eigenvalue weighted by atomic mass is 10.1. The molecule has 3 N–H and O–H groups in total. The van der Waals surface area contributed by atoms with E-state index in [1.54, 1.807) is 10.3 Å². The molecule has 2 rings (SSSR count). The Morgan fingerprint density at radius 2 is 2.19 bits per heavy atom. The van der Waals surface area contributed by atoms with Crippen LogP contribution in [0, 0.1) is 0 Å². The van der Waals surface area contributed by atoms with Crippen molar-refractivity contribution in [3.05, 3.63) is 11.1 Å². The van der Waals surface area contributed by atoms with Crippen molar-refractivity contribution in [1.82, 2.24) is 9.88 Å². The summed E-state index contributed by atoms with van der Waals surface area (Å²) in [5.41, 5.74) is 6.25. The number of piperidine rings is 1. The Morgan fingerprint density at radius 3 is 2.76 bits per heavy atom.